The number of benzene rings is 2. The summed E-state index contributed by atoms with van der Waals surface area (Å²) in [6.07, 6.45) is 0.772. The van der Waals surface area contributed by atoms with Crippen molar-refractivity contribution in [1.29, 1.82) is 0 Å². The highest BCUT2D eigenvalue weighted by atomic mass is 32.2. The van der Waals surface area contributed by atoms with Crippen molar-refractivity contribution in [2.75, 3.05) is 17.1 Å². The third-order valence-corrected chi connectivity index (χ3v) is 6.27. The number of para-hydroxylation sites is 3. The number of rotatable bonds is 3. The number of hydrogen-bond acceptors (Lipinski definition) is 5. The highest BCUT2D eigenvalue weighted by molar-refractivity contribution is 7.92. The van der Waals surface area contributed by atoms with Crippen molar-refractivity contribution in [2.45, 2.75) is 38.0 Å². The molecule has 0 aliphatic carbocycles. The van der Waals surface area contributed by atoms with Gasteiger partial charge in [0.05, 0.1) is 24.5 Å². The molecule has 2 heterocycles. The Morgan fingerprint density at radius 2 is 1.76 bits per heavy atom. The highest BCUT2D eigenvalue weighted by Gasteiger charge is 2.38. The van der Waals surface area contributed by atoms with Gasteiger partial charge in [0.1, 0.15) is 17.1 Å². The number of hydrogen-bond donors (Lipinski definition) is 1. The first-order valence-corrected chi connectivity index (χ1v) is 11.3. The third kappa shape index (κ3) is 3.89. The summed E-state index contributed by atoms with van der Waals surface area (Å²) in [6, 6.07) is 14.2. The molecule has 0 bridgehead atoms. The fourth-order valence-corrected chi connectivity index (χ4v) is 4.76. The lowest BCUT2D eigenvalue weighted by atomic mass is 9.89. The number of nitrogens with one attached hydrogen (secondary N) is 1. The van der Waals surface area contributed by atoms with Gasteiger partial charge in [-0.05, 0) is 32.0 Å². The molecule has 2 aromatic carbocycles. The molecule has 154 valence electrons. The van der Waals surface area contributed by atoms with E-state index in [1.807, 2.05) is 38.1 Å². The van der Waals surface area contributed by atoms with Crippen LogP contribution >= 0.6 is 0 Å². The van der Waals surface area contributed by atoms with Gasteiger partial charge in [-0.15, -0.1) is 0 Å². The molecule has 7 nitrogen and oxygen atoms in total. The quantitative estimate of drug-likeness (QED) is 0.832. The van der Waals surface area contributed by atoms with E-state index >= 15 is 0 Å². The molecule has 2 aromatic rings. The second kappa shape index (κ2) is 6.95. The normalized spacial score (nSPS) is 22.5. The van der Waals surface area contributed by atoms with E-state index in [9.17, 15) is 13.2 Å². The Kier molecular flexibility index (Phi) is 4.69. The van der Waals surface area contributed by atoms with Crippen molar-refractivity contribution >= 4 is 21.6 Å². The van der Waals surface area contributed by atoms with Crippen molar-refractivity contribution < 1.29 is 22.7 Å². The Hall–Kier alpha value is -2.74. The fourth-order valence-electron chi connectivity index (χ4n) is 3.85. The molecule has 2 aliphatic rings. The number of ether oxygens (including phenoxy) is 2. The van der Waals surface area contributed by atoms with Crippen LogP contribution in [0.2, 0.25) is 0 Å². The number of nitrogens with zero attached hydrogens (tertiary/aromatic N) is 1. The maximum atomic E-state index is 13.1. The minimum absolute atomic E-state index is 0.0735. The van der Waals surface area contributed by atoms with Crippen LogP contribution in [0, 0.1) is 0 Å². The van der Waals surface area contributed by atoms with E-state index in [0.29, 0.717) is 17.9 Å². The second-order valence-electron chi connectivity index (χ2n) is 8.03. The zero-order valence-corrected chi connectivity index (χ0v) is 17.4. The first kappa shape index (κ1) is 19.6. The van der Waals surface area contributed by atoms with Gasteiger partial charge in [0.2, 0.25) is 10.0 Å². The van der Waals surface area contributed by atoms with Crippen LogP contribution in [0.15, 0.2) is 48.5 Å². The van der Waals surface area contributed by atoms with Crippen LogP contribution in [0.3, 0.4) is 0 Å². The molecule has 0 aromatic heterocycles. The molecule has 1 amide bonds. The number of amides is 1. The summed E-state index contributed by atoms with van der Waals surface area (Å²) in [5.41, 5.74) is 0.901. The predicted molar refractivity (Wildman–Crippen MR) is 110 cm³/mol. The SMILES string of the molecule is CC1(C)C[C@@H](NC(=O)[C@H]2CN(S(C)(=O)=O)c3ccccc3O2)c2ccccc2O1. The molecule has 4 rings (SSSR count). The molecule has 0 unspecified atom stereocenters. The second-order valence-corrected chi connectivity index (χ2v) is 9.94. The van der Waals surface area contributed by atoms with E-state index in [2.05, 4.69) is 5.32 Å². The van der Waals surface area contributed by atoms with Crippen LogP contribution in [-0.2, 0) is 14.8 Å². The van der Waals surface area contributed by atoms with Crippen molar-refractivity contribution in [2.24, 2.45) is 0 Å². The largest absolute Gasteiger partial charge is 0.487 e. The van der Waals surface area contributed by atoms with Gasteiger partial charge in [-0.3, -0.25) is 9.10 Å². The van der Waals surface area contributed by atoms with Gasteiger partial charge < -0.3 is 14.8 Å². The van der Waals surface area contributed by atoms with E-state index in [4.69, 9.17) is 9.47 Å². The van der Waals surface area contributed by atoms with Crippen molar-refractivity contribution in [3.63, 3.8) is 0 Å². The summed E-state index contributed by atoms with van der Waals surface area (Å²) in [5.74, 6) is 0.754. The zero-order chi connectivity index (χ0) is 20.8. The minimum Gasteiger partial charge on any atom is -0.487 e. The maximum absolute atomic E-state index is 13.1. The lowest BCUT2D eigenvalue weighted by Crippen LogP contribution is -2.52. The van der Waals surface area contributed by atoms with Crippen molar-refractivity contribution in [3.05, 3.63) is 54.1 Å². The van der Waals surface area contributed by atoms with Crippen LogP contribution in [0.5, 0.6) is 11.5 Å². The fraction of sp³-hybridized carbons (Fsp3) is 0.381. The predicted octanol–water partition coefficient (Wildman–Crippen LogP) is 2.63. The molecular weight excluding hydrogens is 392 g/mol. The smallest absolute Gasteiger partial charge is 0.263 e. The molecule has 1 N–H and O–H groups in total. The zero-order valence-electron chi connectivity index (χ0n) is 16.6. The van der Waals surface area contributed by atoms with Gasteiger partial charge in [-0.25, -0.2) is 8.42 Å². The van der Waals surface area contributed by atoms with Gasteiger partial charge in [0.25, 0.3) is 5.91 Å². The molecule has 2 aliphatic heterocycles. The molecular formula is C21H24N2O5S. The monoisotopic (exact) mass is 416 g/mol. The van der Waals surface area contributed by atoms with Gasteiger partial charge in [-0.1, -0.05) is 30.3 Å². The first-order chi connectivity index (χ1) is 13.6. The summed E-state index contributed by atoms with van der Waals surface area (Å²) < 4.78 is 37.6. The Labute approximate surface area is 170 Å². The minimum atomic E-state index is -3.55. The van der Waals surface area contributed by atoms with E-state index in [1.54, 1.807) is 24.3 Å². The van der Waals surface area contributed by atoms with Gasteiger partial charge >= 0.3 is 0 Å². The summed E-state index contributed by atoms with van der Waals surface area (Å²) in [5, 5.41) is 3.04. The van der Waals surface area contributed by atoms with Gasteiger partial charge in [-0.2, -0.15) is 0 Å². The van der Waals surface area contributed by atoms with Crippen molar-refractivity contribution in [1.82, 2.24) is 5.32 Å². The molecule has 0 spiro atoms. The highest BCUT2D eigenvalue weighted by Crippen LogP contribution is 2.40. The summed E-state index contributed by atoms with van der Waals surface area (Å²) in [6.45, 7) is 3.87. The molecule has 0 radical (unpaired) electrons. The molecule has 0 saturated heterocycles. The average molecular weight is 416 g/mol. The number of carbonyl (C=O) groups excluding carboxylic acids is 1. The number of carbonyl (C=O) groups is 1. The average Bonchev–Trinajstić information content (AvgIpc) is 2.65. The Bertz CT molecular complexity index is 1050. The van der Waals surface area contributed by atoms with Crippen LogP contribution in [0.4, 0.5) is 5.69 Å². The van der Waals surface area contributed by atoms with Crippen LogP contribution in [-0.4, -0.2) is 38.8 Å². The number of sulfonamides is 1. The summed E-state index contributed by atoms with van der Waals surface area (Å²) >= 11 is 0. The Morgan fingerprint density at radius 3 is 2.48 bits per heavy atom. The molecule has 8 heteroatoms. The number of anilines is 1. The Morgan fingerprint density at radius 1 is 1.10 bits per heavy atom. The van der Waals surface area contributed by atoms with E-state index in [-0.39, 0.29) is 18.5 Å². The molecule has 0 fully saturated rings. The number of fused-ring (bicyclic) bond motifs is 2. The van der Waals surface area contributed by atoms with Gasteiger partial charge in [0.15, 0.2) is 6.10 Å². The van der Waals surface area contributed by atoms with Crippen LogP contribution < -0.4 is 19.1 Å². The summed E-state index contributed by atoms with van der Waals surface area (Å²) in [4.78, 5) is 13.1. The topological polar surface area (TPSA) is 84.9 Å². The Balaban J connectivity index is 1.60. The van der Waals surface area contributed by atoms with E-state index in [1.165, 1.54) is 4.31 Å². The van der Waals surface area contributed by atoms with Crippen molar-refractivity contribution in [3.8, 4) is 11.5 Å². The van der Waals surface area contributed by atoms with E-state index < -0.39 is 21.7 Å². The molecule has 0 saturated carbocycles. The third-order valence-electron chi connectivity index (χ3n) is 5.12. The molecule has 2 atom stereocenters. The maximum Gasteiger partial charge on any atom is 0.263 e. The van der Waals surface area contributed by atoms with Crippen LogP contribution in [0.25, 0.3) is 0 Å². The molecule has 29 heavy (non-hydrogen) atoms. The van der Waals surface area contributed by atoms with Crippen LogP contribution in [0.1, 0.15) is 31.9 Å². The van der Waals surface area contributed by atoms with E-state index in [0.717, 1.165) is 17.6 Å². The lowest BCUT2D eigenvalue weighted by molar-refractivity contribution is -0.129. The standard InChI is InChI=1S/C21H24N2O5S/c1-21(2)12-15(14-8-4-6-10-17(14)28-21)22-20(24)19-13-23(29(3,25)26)16-9-5-7-11-18(16)27-19/h4-11,15,19H,12-13H2,1-3H3,(H,22,24)/t15-,19-/m1/s1. The summed E-state index contributed by atoms with van der Waals surface area (Å²) in [7, 11) is -3.55. The lowest BCUT2D eigenvalue weighted by Gasteiger charge is -2.39. The van der Waals surface area contributed by atoms with Gasteiger partial charge in [0, 0.05) is 12.0 Å². The first-order valence-electron chi connectivity index (χ1n) is 9.46.